The maximum atomic E-state index is 13.9. The molecule has 0 saturated heterocycles. The van der Waals surface area contributed by atoms with E-state index in [9.17, 15) is 14.5 Å². The average molecular weight is 354 g/mol. The van der Waals surface area contributed by atoms with Crippen molar-refractivity contribution in [2.75, 3.05) is 0 Å². The highest BCUT2D eigenvalue weighted by molar-refractivity contribution is 9.08. The number of nitro groups is 1. The van der Waals surface area contributed by atoms with Crippen molar-refractivity contribution < 1.29 is 14.1 Å². The van der Waals surface area contributed by atoms with E-state index < -0.39 is 10.7 Å². The predicted octanol–water partition coefficient (Wildman–Crippen LogP) is 4.98. The van der Waals surface area contributed by atoms with Crippen molar-refractivity contribution in [3.05, 3.63) is 63.5 Å². The van der Waals surface area contributed by atoms with Crippen LogP contribution in [0.25, 0.3) is 0 Å². The van der Waals surface area contributed by atoms with Crippen molar-refractivity contribution in [3.8, 4) is 11.5 Å². The summed E-state index contributed by atoms with van der Waals surface area (Å²) in [6.07, 6.45) is 0.674. The van der Waals surface area contributed by atoms with Gasteiger partial charge < -0.3 is 4.74 Å². The molecule has 2 rings (SSSR count). The zero-order chi connectivity index (χ0) is 15.4. The molecular formula is C15H13BrFNO3. The second-order valence-corrected chi connectivity index (χ2v) is 4.94. The van der Waals surface area contributed by atoms with Crippen molar-refractivity contribution in [1.29, 1.82) is 0 Å². The molecule has 0 amide bonds. The van der Waals surface area contributed by atoms with E-state index in [0.717, 1.165) is 5.56 Å². The molecule has 0 aliphatic carbocycles. The minimum absolute atomic E-state index is 0.00160. The Morgan fingerprint density at radius 3 is 2.71 bits per heavy atom. The zero-order valence-corrected chi connectivity index (χ0v) is 12.9. The fourth-order valence-corrected chi connectivity index (χ4v) is 2.34. The van der Waals surface area contributed by atoms with Gasteiger partial charge >= 0.3 is 5.69 Å². The van der Waals surface area contributed by atoms with Gasteiger partial charge in [-0.15, -0.1) is 0 Å². The smallest absolute Gasteiger partial charge is 0.311 e. The van der Waals surface area contributed by atoms with Crippen LogP contribution in [0.4, 0.5) is 10.1 Å². The van der Waals surface area contributed by atoms with Gasteiger partial charge in [-0.25, -0.2) is 4.39 Å². The molecule has 0 unspecified atom stereocenters. The molecule has 0 aromatic heterocycles. The number of benzene rings is 2. The number of rotatable bonds is 5. The predicted molar refractivity (Wildman–Crippen MR) is 81.6 cm³/mol. The van der Waals surface area contributed by atoms with Crippen LogP contribution in [0.1, 0.15) is 18.1 Å². The van der Waals surface area contributed by atoms with E-state index in [4.69, 9.17) is 4.74 Å². The summed E-state index contributed by atoms with van der Waals surface area (Å²) in [7, 11) is 0. The average Bonchev–Trinajstić information content (AvgIpc) is 2.49. The van der Waals surface area contributed by atoms with Crippen LogP contribution >= 0.6 is 15.9 Å². The van der Waals surface area contributed by atoms with Crippen molar-refractivity contribution in [2.45, 2.75) is 18.7 Å². The molecule has 0 aliphatic heterocycles. The molecule has 21 heavy (non-hydrogen) atoms. The van der Waals surface area contributed by atoms with Gasteiger partial charge in [0, 0.05) is 17.0 Å². The molecule has 2 aromatic rings. The highest BCUT2D eigenvalue weighted by atomic mass is 79.9. The van der Waals surface area contributed by atoms with Crippen LogP contribution in [-0.2, 0) is 11.8 Å². The van der Waals surface area contributed by atoms with E-state index in [-0.39, 0.29) is 17.2 Å². The maximum Gasteiger partial charge on any atom is 0.311 e. The molecule has 0 saturated carbocycles. The van der Waals surface area contributed by atoms with Gasteiger partial charge in [0.1, 0.15) is 0 Å². The van der Waals surface area contributed by atoms with Gasteiger partial charge in [0.15, 0.2) is 11.6 Å². The largest absolute Gasteiger partial charge is 0.447 e. The summed E-state index contributed by atoms with van der Waals surface area (Å²) < 4.78 is 19.4. The molecule has 0 aliphatic rings. The van der Waals surface area contributed by atoms with Crippen LogP contribution in [0.3, 0.4) is 0 Å². The molecule has 0 N–H and O–H groups in total. The Labute approximate surface area is 129 Å². The molecular weight excluding hydrogens is 341 g/mol. The molecule has 0 spiro atoms. The van der Waals surface area contributed by atoms with Crippen molar-refractivity contribution in [1.82, 2.24) is 0 Å². The lowest BCUT2D eigenvalue weighted by Crippen LogP contribution is -1.98. The molecule has 0 atom stereocenters. The summed E-state index contributed by atoms with van der Waals surface area (Å²) >= 11 is 3.25. The van der Waals surface area contributed by atoms with Crippen molar-refractivity contribution in [2.24, 2.45) is 0 Å². The van der Waals surface area contributed by atoms with Crippen LogP contribution in [0.2, 0.25) is 0 Å². The molecule has 2 aromatic carbocycles. The lowest BCUT2D eigenvalue weighted by atomic mass is 10.1. The number of nitrogens with zero attached hydrogens (tertiary/aromatic N) is 1. The third-order valence-corrected chi connectivity index (χ3v) is 3.64. The lowest BCUT2D eigenvalue weighted by molar-refractivity contribution is -0.385. The van der Waals surface area contributed by atoms with Crippen LogP contribution < -0.4 is 4.74 Å². The summed E-state index contributed by atoms with van der Waals surface area (Å²) in [6.45, 7) is 1.90. The van der Waals surface area contributed by atoms with Gasteiger partial charge in [-0.05, 0) is 24.1 Å². The van der Waals surface area contributed by atoms with E-state index in [1.807, 2.05) is 6.92 Å². The number of para-hydroxylation sites is 1. The second-order valence-electron chi connectivity index (χ2n) is 4.38. The summed E-state index contributed by atoms with van der Waals surface area (Å²) in [6, 6.07) is 9.20. The Morgan fingerprint density at radius 1 is 1.33 bits per heavy atom. The summed E-state index contributed by atoms with van der Waals surface area (Å²) in [5.41, 5.74) is 1.24. The summed E-state index contributed by atoms with van der Waals surface area (Å²) in [4.78, 5) is 10.6. The SMILES string of the molecule is CCc1ccc(Oc2c(F)cccc2CBr)c([N+](=O)[O-])c1. The monoisotopic (exact) mass is 353 g/mol. The van der Waals surface area contributed by atoms with Gasteiger partial charge in [0.2, 0.25) is 5.75 Å². The number of nitro benzene ring substituents is 1. The number of ether oxygens (including phenoxy) is 1. The number of hydrogen-bond acceptors (Lipinski definition) is 3. The first-order valence-corrected chi connectivity index (χ1v) is 7.47. The van der Waals surface area contributed by atoms with E-state index >= 15 is 0 Å². The molecule has 0 radical (unpaired) electrons. The van der Waals surface area contributed by atoms with Crippen LogP contribution in [-0.4, -0.2) is 4.92 Å². The van der Waals surface area contributed by atoms with Gasteiger partial charge in [0.25, 0.3) is 0 Å². The fourth-order valence-electron chi connectivity index (χ4n) is 1.89. The van der Waals surface area contributed by atoms with E-state index in [2.05, 4.69) is 15.9 Å². The molecule has 0 bridgehead atoms. The first-order chi connectivity index (χ1) is 10.1. The standard InChI is InChI=1S/C15H13BrFNO3/c1-2-10-6-7-14(13(8-10)18(19)20)21-15-11(9-16)4-3-5-12(15)17/h3-8H,2,9H2,1H3. The molecule has 0 heterocycles. The summed E-state index contributed by atoms with van der Waals surface area (Å²) in [5, 5.41) is 11.5. The van der Waals surface area contributed by atoms with E-state index in [1.165, 1.54) is 18.2 Å². The number of hydrogen-bond donors (Lipinski definition) is 0. The Morgan fingerprint density at radius 2 is 2.10 bits per heavy atom. The number of halogens is 2. The van der Waals surface area contributed by atoms with Crippen LogP contribution in [0.5, 0.6) is 11.5 Å². The third-order valence-electron chi connectivity index (χ3n) is 3.03. The van der Waals surface area contributed by atoms with Crippen molar-refractivity contribution >= 4 is 21.6 Å². The topological polar surface area (TPSA) is 52.4 Å². The van der Waals surface area contributed by atoms with E-state index in [1.54, 1.807) is 18.2 Å². The number of aryl methyl sites for hydroxylation is 1. The molecule has 6 heteroatoms. The third kappa shape index (κ3) is 3.39. The first-order valence-electron chi connectivity index (χ1n) is 6.35. The van der Waals surface area contributed by atoms with Gasteiger partial charge in [-0.1, -0.05) is 41.1 Å². The van der Waals surface area contributed by atoms with Gasteiger partial charge in [0.05, 0.1) is 4.92 Å². The quantitative estimate of drug-likeness (QED) is 0.432. The van der Waals surface area contributed by atoms with Crippen LogP contribution in [0, 0.1) is 15.9 Å². The maximum absolute atomic E-state index is 13.9. The Kier molecular flexibility index (Phi) is 4.90. The second kappa shape index (κ2) is 6.67. The highest BCUT2D eigenvalue weighted by Crippen LogP contribution is 2.35. The molecule has 0 fully saturated rings. The van der Waals surface area contributed by atoms with Gasteiger partial charge in [-0.2, -0.15) is 0 Å². The Balaban J connectivity index is 2.47. The Bertz CT molecular complexity index is 676. The zero-order valence-electron chi connectivity index (χ0n) is 11.3. The summed E-state index contributed by atoms with van der Waals surface area (Å²) in [5.74, 6) is -0.521. The fraction of sp³-hybridized carbons (Fsp3) is 0.200. The minimum atomic E-state index is -0.555. The molecule has 110 valence electrons. The number of alkyl halides is 1. The van der Waals surface area contributed by atoms with Crippen molar-refractivity contribution in [3.63, 3.8) is 0 Å². The normalized spacial score (nSPS) is 10.4. The molecule has 4 nitrogen and oxygen atoms in total. The van der Waals surface area contributed by atoms with E-state index in [0.29, 0.717) is 17.3 Å². The first kappa shape index (κ1) is 15.4. The minimum Gasteiger partial charge on any atom is -0.447 e. The van der Waals surface area contributed by atoms with Crippen LogP contribution in [0.15, 0.2) is 36.4 Å². The highest BCUT2D eigenvalue weighted by Gasteiger charge is 2.19. The lowest BCUT2D eigenvalue weighted by Gasteiger charge is -2.11. The van der Waals surface area contributed by atoms with Gasteiger partial charge in [-0.3, -0.25) is 10.1 Å². The Hall–Kier alpha value is -1.95.